The Hall–Kier alpha value is -0.860. The molecular weight excluding hydrogens is 312 g/mol. The molecule has 1 amide bonds. The summed E-state index contributed by atoms with van der Waals surface area (Å²) in [5.74, 6) is -0.103. The third kappa shape index (κ3) is 2.93. The van der Waals surface area contributed by atoms with Crippen LogP contribution in [0.25, 0.3) is 0 Å². The standard InChI is InChI=1S/C13H15BrN2OS/c14-10-6-11(18-8-10)7-16-12(17)13(9-15)4-2-1-3-5-13/h6,8H,1-5,7H2,(H,16,17). The summed E-state index contributed by atoms with van der Waals surface area (Å²) >= 11 is 4.99. The SMILES string of the molecule is N#CC1(C(=O)NCc2cc(Br)cs2)CCCCC1. The van der Waals surface area contributed by atoms with Gasteiger partial charge in [-0.25, -0.2) is 0 Å². The predicted octanol–water partition coefficient (Wildman–Crippen LogP) is 3.60. The van der Waals surface area contributed by atoms with Gasteiger partial charge in [-0.1, -0.05) is 19.3 Å². The van der Waals surface area contributed by atoms with Crippen molar-refractivity contribution in [3.8, 4) is 6.07 Å². The van der Waals surface area contributed by atoms with E-state index in [2.05, 4.69) is 27.3 Å². The summed E-state index contributed by atoms with van der Waals surface area (Å²) in [6.45, 7) is 0.512. The highest BCUT2D eigenvalue weighted by Crippen LogP contribution is 2.36. The summed E-state index contributed by atoms with van der Waals surface area (Å²) in [4.78, 5) is 13.3. The monoisotopic (exact) mass is 326 g/mol. The molecule has 0 radical (unpaired) electrons. The van der Waals surface area contributed by atoms with E-state index in [0.717, 1.165) is 28.6 Å². The molecule has 1 fully saturated rings. The minimum Gasteiger partial charge on any atom is -0.350 e. The lowest BCUT2D eigenvalue weighted by molar-refractivity contribution is -0.129. The summed E-state index contributed by atoms with van der Waals surface area (Å²) in [6, 6.07) is 4.23. The Bertz CT molecular complexity index is 472. The summed E-state index contributed by atoms with van der Waals surface area (Å²) < 4.78 is 1.03. The fourth-order valence-corrected chi connectivity index (χ4v) is 3.72. The molecule has 1 aliphatic rings. The van der Waals surface area contributed by atoms with E-state index >= 15 is 0 Å². The number of halogens is 1. The molecule has 0 aliphatic heterocycles. The zero-order chi connectivity index (χ0) is 13.0. The van der Waals surface area contributed by atoms with Crippen LogP contribution in [0.1, 0.15) is 37.0 Å². The van der Waals surface area contributed by atoms with E-state index < -0.39 is 5.41 Å². The minimum atomic E-state index is -0.785. The molecule has 0 saturated heterocycles. The summed E-state index contributed by atoms with van der Waals surface area (Å²) in [7, 11) is 0. The Morgan fingerprint density at radius 3 is 2.78 bits per heavy atom. The van der Waals surface area contributed by atoms with E-state index in [1.807, 2.05) is 11.4 Å². The topological polar surface area (TPSA) is 52.9 Å². The second-order valence-corrected chi connectivity index (χ2v) is 6.58. The largest absolute Gasteiger partial charge is 0.350 e. The normalized spacial score (nSPS) is 18.0. The highest BCUT2D eigenvalue weighted by atomic mass is 79.9. The summed E-state index contributed by atoms with van der Waals surface area (Å²) in [5, 5.41) is 14.2. The van der Waals surface area contributed by atoms with Crippen molar-refractivity contribution in [3.63, 3.8) is 0 Å². The molecule has 0 bridgehead atoms. The lowest BCUT2D eigenvalue weighted by Gasteiger charge is -2.29. The maximum Gasteiger partial charge on any atom is 0.240 e. The van der Waals surface area contributed by atoms with Gasteiger partial charge in [-0.15, -0.1) is 11.3 Å². The smallest absolute Gasteiger partial charge is 0.240 e. The van der Waals surface area contributed by atoms with Gasteiger partial charge in [0.2, 0.25) is 5.91 Å². The zero-order valence-corrected chi connectivity index (χ0v) is 12.4. The second kappa shape index (κ2) is 5.85. The molecule has 1 heterocycles. The molecule has 96 valence electrons. The number of nitriles is 1. The predicted molar refractivity (Wildman–Crippen MR) is 75.0 cm³/mol. The van der Waals surface area contributed by atoms with Gasteiger partial charge in [0.15, 0.2) is 0 Å². The second-order valence-electron chi connectivity index (χ2n) is 4.67. The van der Waals surface area contributed by atoms with Gasteiger partial charge in [-0.2, -0.15) is 5.26 Å². The van der Waals surface area contributed by atoms with E-state index in [0.29, 0.717) is 19.4 Å². The van der Waals surface area contributed by atoms with Crippen molar-refractivity contribution in [2.45, 2.75) is 38.6 Å². The number of hydrogen-bond donors (Lipinski definition) is 1. The molecule has 3 nitrogen and oxygen atoms in total. The number of amides is 1. The van der Waals surface area contributed by atoms with Crippen LogP contribution in [-0.4, -0.2) is 5.91 Å². The van der Waals surface area contributed by atoms with Gasteiger partial charge >= 0.3 is 0 Å². The first-order valence-electron chi connectivity index (χ1n) is 6.09. The van der Waals surface area contributed by atoms with Crippen LogP contribution in [0.3, 0.4) is 0 Å². The number of nitrogens with zero attached hydrogens (tertiary/aromatic N) is 1. The molecule has 1 aliphatic carbocycles. The molecule has 0 atom stereocenters. The highest BCUT2D eigenvalue weighted by Gasteiger charge is 2.39. The first kappa shape index (κ1) is 13.6. The van der Waals surface area contributed by atoms with Crippen molar-refractivity contribution >= 4 is 33.2 Å². The van der Waals surface area contributed by atoms with Crippen LogP contribution >= 0.6 is 27.3 Å². The fourth-order valence-electron chi connectivity index (χ4n) is 2.33. The fraction of sp³-hybridized carbons (Fsp3) is 0.538. The van der Waals surface area contributed by atoms with Gasteiger partial charge in [-0.3, -0.25) is 4.79 Å². The van der Waals surface area contributed by atoms with Crippen LogP contribution in [0.5, 0.6) is 0 Å². The molecule has 1 aromatic rings. The summed E-state index contributed by atoms with van der Waals surface area (Å²) in [5.41, 5.74) is -0.785. The van der Waals surface area contributed by atoms with Gasteiger partial charge in [0, 0.05) is 14.7 Å². The van der Waals surface area contributed by atoms with Crippen molar-refractivity contribution in [2.24, 2.45) is 5.41 Å². The van der Waals surface area contributed by atoms with Crippen molar-refractivity contribution in [1.29, 1.82) is 5.26 Å². The molecule has 1 N–H and O–H groups in total. The van der Waals surface area contributed by atoms with Gasteiger partial charge in [-0.05, 0) is 34.8 Å². The van der Waals surface area contributed by atoms with Crippen LogP contribution in [-0.2, 0) is 11.3 Å². The number of carbonyl (C=O) groups excluding carboxylic acids is 1. The number of carbonyl (C=O) groups is 1. The number of rotatable bonds is 3. The van der Waals surface area contributed by atoms with Crippen molar-refractivity contribution < 1.29 is 4.79 Å². The lowest BCUT2D eigenvalue weighted by Crippen LogP contribution is -2.41. The third-order valence-corrected chi connectivity index (χ3v) is 5.10. The van der Waals surface area contributed by atoms with E-state index in [4.69, 9.17) is 0 Å². The van der Waals surface area contributed by atoms with Gasteiger partial charge in [0.25, 0.3) is 0 Å². The number of nitrogens with one attached hydrogen (secondary N) is 1. The van der Waals surface area contributed by atoms with Gasteiger partial charge in [0.05, 0.1) is 12.6 Å². The molecule has 0 unspecified atom stereocenters. The Balaban J connectivity index is 1.96. The van der Waals surface area contributed by atoms with E-state index in [1.165, 1.54) is 0 Å². The quantitative estimate of drug-likeness (QED) is 0.922. The van der Waals surface area contributed by atoms with Crippen LogP contribution in [0, 0.1) is 16.7 Å². The third-order valence-electron chi connectivity index (χ3n) is 3.40. The average molecular weight is 327 g/mol. The lowest BCUT2D eigenvalue weighted by atomic mass is 9.74. The molecule has 18 heavy (non-hydrogen) atoms. The maximum atomic E-state index is 12.2. The minimum absolute atomic E-state index is 0.103. The molecular formula is C13H15BrN2OS. The molecule has 1 saturated carbocycles. The average Bonchev–Trinajstić information content (AvgIpc) is 2.82. The molecule has 5 heteroatoms. The first-order chi connectivity index (χ1) is 8.66. The van der Waals surface area contributed by atoms with Crippen LogP contribution < -0.4 is 5.32 Å². The molecule has 0 aromatic carbocycles. The van der Waals surface area contributed by atoms with Gasteiger partial charge in [0.1, 0.15) is 5.41 Å². The van der Waals surface area contributed by atoms with Crippen molar-refractivity contribution in [2.75, 3.05) is 0 Å². The Kier molecular flexibility index (Phi) is 4.41. The zero-order valence-electron chi connectivity index (χ0n) is 10.0. The number of thiophene rings is 1. The van der Waals surface area contributed by atoms with Crippen molar-refractivity contribution in [1.82, 2.24) is 5.32 Å². The van der Waals surface area contributed by atoms with Crippen LogP contribution in [0.4, 0.5) is 0 Å². The number of hydrogen-bond acceptors (Lipinski definition) is 3. The van der Waals surface area contributed by atoms with E-state index in [-0.39, 0.29) is 5.91 Å². The molecule has 1 aromatic heterocycles. The Labute approximate surface area is 119 Å². The van der Waals surface area contributed by atoms with E-state index in [9.17, 15) is 10.1 Å². The van der Waals surface area contributed by atoms with E-state index in [1.54, 1.807) is 11.3 Å². The Morgan fingerprint density at radius 1 is 1.50 bits per heavy atom. The van der Waals surface area contributed by atoms with Crippen LogP contribution in [0.15, 0.2) is 15.9 Å². The van der Waals surface area contributed by atoms with Gasteiger partial charge < -0.3 is 5.32 Å². The van der Waals surface area contributed by atoms with Crippen LogP contribution in [0.2, 0.25) is 0 Å². The molecule has 2 rings (SSSR count). The maximum absolute atomic E-state index is 12.2. The highest BCUT2D eigenvalue weighted by molar-refractivity contribution is 9.10. The summed E-state index contributed by atoms with van der Waals surface area (Å²) in [6.07, 6.45) is 4.48. The molecule has 0 spiro atoms. The first-order valence-corrected chi connectivity index (χ1v) is 7.76. The Morgan fingerprint density at radius 2 is 2.22 bits per heavy atom. The van der Waals surface area contributed by atoms with Crippen molar-refractivity contribution in [3.05, 3.63) is 20.8 Å².